The van der Waals surface area contributed by atoms with E-state index in [0.717, 1.165) is 18.4 Å². The number of carbonyl (C=O) groups excluding carboxylic acids is 1. The highest BCUT2D eigenvalue weighted by Crippen LogP contribution is 2.08. The van der Waals surface area contributed by atoms with Crippen molar-refractivity contribution in [1.82, 2.24) is 0 Å². The first-order chi connectivity index (χ1) is 9.59. The van der Waals surface area contributed by atoms with Crippen LogP contribution in [0.2, 0.25) is 0 Å². The minimum absolute atomic E-state index is 0.0176. The van der Waals surface area contributed by atoms with Gasteiger partial charge >= 0.3 is 0 Å². The lowest BCUT2D eigenvalue weighted by Gasteiger charge is -2.04. The molecule has 0 atom stereocenters. The van der Waals surface area contributed by atoms with Gasteiger partial charge in [0.2, 0.25) is 0 Å². The fourth-order valence-corrected chi connectivity index (χ4v) is 4.63. The highest BCUT2D eigenvalue weighted by molar-refractivity contribution is 7.94. The minimum atomic E-state index is -3.49. The average Bonchev–Trinajstić information content (AvgIpc) is 2.36. The van der Waals surface area contributed by atoms with Crippen molar-refractivity contribution < 1.29 is 26.0 Å². The van der Waals surface area contributed by atoms with Gasteiger partial charge in [0, 0.05) is 18.2 Å². The van der Waals surface area contributed by atoms with Crippen LogP contribution in [-0.2, 0) is 19.7 Å². The topological polar surface area (TPSA) is 85.3 Å². The average molecular weight is 336 g/mol. The third-order valence-electron chi connectivity index (χ3n) is 2.79. The van der Waals surface area contributed by atoms with E-state index in [-0.39, 0.29) is 24.4 Å². The van der Waals surface area contributed by atoms with Crippen molar-refractivity contribution in [1.29, 1.82) is 0 Å². The Labute approximate surface area is 124 Å². The van der Waals surface area contributed by atoms with Crippen LogP contribution in [0.15, 0.2) is 24.3 Å². The van der Waals surface area contributed by atoms with Crippen LogP contribution in [0.3, 0.4) is 0 Å². The Morgan fingerprint density at radius 3 is 2.10 bits per heavy atom. The van der Waals surface area contributed by atoms with E-state index < -0.39 is 37.0 Å². The number of sulfone groups is 2. The number of carbonyl (C=O) groups is 1. The summed E-state index contributed by atoms with van der Waals surface area (Å²) in [6.07, 6.45) is 1.10. The fraction of sp³-hybridized carbons (Fsp3) is 0.462. The monoisotopic (exact) mass is 336 g/mol. The fourth-order valence-electron chi connectivity index (χ4n) is 1.61. The molecule has 118 valence electrons. The molecule has 0 aliphatic rings. The Bertz CT molecular complexity index is 691. The van der Waals surface area contributed by atoms with Crippen LogP contribution in [0.25, 0.3) is 0 Å². The Morgan fingerprint density at radius 1 is 1.00 bits per heavy atom. The second-order valence-corrected chi connectivity index (χ2v) is 9.38. The van der Waals surface area contributed by atoms with Crippen molar-refractivity contribution in [3.05, 3.63) is 35.6 Å². The van der Waals surface area contributed by atoms with Gasteiger partial charge in [-0.05, 0) is 30.7 Å². The molecule has 0 amide bonds. The minimum Gasteiger partial charge on any atom is -0.294 e. The highest BCUT2D eigenvalue weighted by atomic mass is 32.2. The quantitative estimate of drug-likeness (QED) is 0.667. The maximum Gasteiger partial charge on any atom is 0.162 e. The molecule has 5 nitrogen and oxygen atoms in total. The van der Waals surface area contributed by atoms with Crippen LogP contribution in [0, 0.1) is 5.82 Å². The number of halogens is 1. The maximum absolute atomic E-state index is 12.7. The SMILES string of the molecule is CS(=O)(=O)CCS(=O)(=O)CCCC(=O)c1ccc(F)cc1. The molecule has 0 aromatic heterocycles. The normalized spacial score (nSPS) is 12.3. The Balaban J connectivity index is 2.45. The molecule has 0 unspecified atom stereocenters. The summed E-state index contributed by atoms with van der Waals surface area (Å²) in [6.45, 7) is 0. The second kappa shape index (κ2) is 7.13. The molecule has 0 aliphatic heterocycles. The van der Waals surface area contributed by atoms with Crippen LogP contribution < -0.4 is 0 Å². The highest BCUT2D eigenvalue weighted by Gasteiger charge is 2.15. The van der Waals surface area contributed by atoms with Gasteiger partial charge in [0.25, 0.3) is 0 Å². The lowest BCUT2D eigenvalue weighted by Crippen LogP contribution is -2.19. The molecule has 1 aromatic rings. The number of hydrogen-bond donors (Lipinski definition) is 0. The van der Waals surface area contributed by atoms with E-state index in [9.17, 15) is 26.0 Å². The number of rotatable bonds is 8. The molecule has 0 N–H and O–H groups in total. The molecular formula is C13H17FO5S2. The van der Waals surface area contributed by atoms with E-state index in [0.29, 0.717) is 5.56 Å². The zero-order chi connectivity index (χ0) is 16.1. The third kappa shape index (κ3) is 7.33. The van der Waals surface area contributed by atoms with Crippen molar-refractivity contribution >= 4 is 25.5 Å². The molecule has 0 spiro atoms. The zero-order valence-corrected chi connectivity index (χ0v) is 13.2. The third-order valence-corrected chi connectivity index (χ3v) is 5.73. The lowest BCUT2D eigenvalue weighted by molar-refractivity contribution is 0.0982. The summed E-state index contributed by atoms with van der Waals surface area (Å²) in [5, 5.41) is 0. The molecule has 0 saturated heterocycles. The molecule has 8 heteroatoms. The summed E-state index contributed by atoms with van der Waals surface area (Å²) >= 11 is 0. The predicted octanol–water partition coefficient (Wildman–Crippen LogP) is 1.25. The summed E-state index contributed by atoms with van der Waals surface area (Å²) in [4.78, 5) is 11.7. The number of Topliss-reactive ketones (excluding diaryl/α,β-unsaturated/α-hetero) is 1. The van der Waals surface area contributed by atoms with Crippen molar-refractivity contribution in [2.24, 2.45) is 0 Å². The smallest absolute Gasteiger partial charge is 0.162 e. The molecule has 0 aliphatic carbocycles. The van der Waals surface area contributed by atoms with Gasteiger partial charge in [0.05, 0.1) is 17.3 Å². The Morgan fingerprint density at radius 2 is 1.57 bits per heavy atom. The van der Waals surface area contributed by atoms with E-state index in [4.69, 9.17) is 0 Å². The van der Waals surface area contributed by atoms with Crippen molar-refractivity contribution in [2.45, 2.75) is 12.8 Å². The summed E-state index contributed by atoms with van der Waals surface area (Å²) in [6, 6.07) is 5.01. The molecule has 0 saturated carbocycles. The second-order valence-electron chi connectivity index (χ2n) is 4.82. The lowest BCUT2D eigenvalue weighted by atomic mass is 10.1. The molecular weight excluding hydrogens is 319 g/mol. The van der Waals surface area contributed by atoms with Crippen LogP contribution in [0.4, 0.5) is 4.39 Å². The first-order valence-electron chi connectivity index (χ1n) is 6.26. The molecule has 0 fully saturated rings. The van der Waals surface area contributed by atoms with E-state index in [1.54, 1.807) is 0 Å². The molecule has 21 heavy (non-hydrogen) atoms. The predicted molar refractivity (Wildman–Crippen MR) is 78.3 cm³/mol. The van der Waals surface area contributed by atoms with Gasteiger partial charge in [-0.1, -0.05) is 0 Å². The van der Waals surface area contributed by atoms with Gasteiger partial charge in [0.15, 0.2) is 15.6 Å². The van der Waals surface area contributed by atoms with E-state index in [1.165, 1.54) is 12.1 Å². The Hall–Kier alpha value is -1.28. The van der Waals surface area contributed by atoms with Crippen LogP contribution in [-0.4, -0.2) is 46.1 Å². The molecule has 0 bridgehead atoms. The van der Waals surface area contributed by atoms with E-state index in [2.05, 4.69) is 0 Å². The van der Waals surface area contributed by atoms with Gasteiger partial charge in [-0.2, -0.15) is 0 Å². The van der Waals surface area contributed by atoms with Gasteiger partial charge in [-0.15, -0.1) is 0 Å². The molecule has 0 heterocycles. The maximum atomic E-state index is 12.7. The first kappa shape index (κ1) is 17.8. The van der Waals surface area contributed by atoms with Gasteiger partial charge in [0.1, 0.15) is 15.7 Å². The van der Waals surface area contributed by atoms with Gasteiger partial charge < -0.3 is 0 Å². The summed E-state index contributed by atoms with van der Waals surface area (Å²) in [7, 11) is -6.82. The molecule has 1 aromatic carbocycles. The molecule has 0 radical (unpaired) electrons. The number of benzene rings is 1. The van der Waals surface area contributed by atoms with Crippen molar-refractivity contribution in [3.8, 4) is 0 Å². The van der Waals surface area contributed by atoms with Crippen LogP contribution in [0.1, 0.15) is 23.2 Å². The standard InChI is InChI=1S/C13H17FO5S2/c1-20(16,17)9-10-21(18,19)8-2-3-13(15)11-4-6-12(14)7-5-11/h4-7H,2-3,8-10H2,1H3. The van der Waals surface area contributed by atoms with Crippen LogP contribution >= 0.6 is 0 Å². The summed E-state index contributed by atoms with van der Waals surface area (Å²) in [5.41, 5.74) is 0.324. The van der Waals surface area contributed by atoms with E-state index in [1.807, 2.05) is 0 Å². The van der Waals surface area contributed by atoms with Gasteiger partial charge in [-0.25, -0.2) is 21.2 Å². The molecule has 1 rings (SSSR count). The summed E-state index contributed by atoms with van der Waals surface area (Å²) < 4.78 is 57.8. The van der Waals surface area contributed by atoms with Crippen LogP contribution in [0.5, 0.6) is 0 Å². The number of hydrogen-bond acceptors (Lipinski definition) is 5. The Kier molecular flexibility index (Phi) is 6.03. The van der Waals surface area contributed by atoms with Crippen molar-refractivity contribution in [2.75, 3.05) is 23.5 Å². The first-order valence-corrected chi connectivity index (χ1v) is 10.1. The summed E-state index contributed by atoms with van der Waals surface area (Å²) in [5.74, 6) is -1.81. The number of ketones is 1. The van der Waals surface area contributed by atoms with Crippen molar-refractivity contribution in [3.63, 3.8) is 0 Å². The van der Waals surface area contributed by atoms with Gasteiger partial charge in [-0.3, -0.25) is 4.79 Å². The van der Waals surface area contributed by atoms with E-state index >= 15 is 0 Å². The largest absolute Gasteiger partial charge is 0.294 e. The zero-order valence-electron chi connectivity index (χ0n) is 11.6.